The van der Waals surface area contributed by atoms with Gasteiger partial charge < -0.3 is 0 Å². The Morgan fingerprint density at radius 1 is 1.06 bits per heavy atom. The Kier molecular flexibility index (Phi) is 2.76. The molecule has 0 spiro atoms. The second-order valence-corrected chi connectivity index (χ2v) is 6.87. The molecule has 0 amide bonds. The Bertz CT molecular complexity index is 583. The van der Waals surface area contributed by atoms with Crippen LogP contribution in [0.4, 0.5) is 4.39 Å². The molecule has 1 aromatic heterocycles. The van der Waals surface area contributed by atoms with Crippen LogP contribution >= 0.6 is 0 Å². The molecule has 3 heteroatoms. The number of benzene rings is 1. The molecule has 0 saturated carbocycles. The Hall–Kier alpha value is -1.38. The molecule has 2 nitrogen and oxygen atoms in total. The van der Waals surface area contributed by atoms with Crippen molar-refractivity contribution in [3.8, 4) is 0 Å². The van der Waals surface area contributed by atoms with Crippen LogP contribution in [0.2, 0.25) is 0 Å². The van der Waals surface area contributed by atoms with Gasteiger partial charge in [-0.2, -0.15) is 5.10 Å². The second-order valence-electron chi connectivity index (χ2n) is 6.87. The van der Waals surface area contributed by atoms with Crippen LogP contribution in [0.3, 0.4) is 0 Å². The van der Waals surface area contributed by atoms with Crippen molar-refractivity contribution in [2.45, 2.75) is 52.5 Å². The molecule has 0 bridgehead atoms. The fourth-order valence-corrected chi connectivity index (χ4v) is 2.06. The van der Waals surface area contributed by atoms with Crippen molar-refractivity contribution in [3.63, 3.8) is 0 Å². The molecule has 98 valence electrons. The van der Waals surface area contributed by atoms with Gasteiger partial charge in [-0.05, 0) is 43.9 Å². The third-order valence-corrected chi connectivity index (χ3v) is 3.12. The van der Waals surface area contributed by atoms with Gasteiger partial charge in [-0.3, -0.25) is 4.68 Å². The Balaban J connectivity index is 2.73. The zero-order valence-corrected chi connectivity index (χ0v) is 12.0. The van der Waals surface area contributed by atoms with Crippen molar-refractivity contribution in [1.29, 1.82) is 0 Å². The number of rotatable bonds is 0. The van der Waals surface area contributed by atoms with Crippen molar-refractivity contribution in [1.82, 2.24) is 9.78 Å². The number of hydrogen-bond acceptors (Lipinski definition) is 1. The monoisotopic (exact) mass is 248 g/mol. The van der Waals surface area contributed by atoms with E-state index in [1.807, 2.05) is 26.8 Å². The first-order chi connectivity index (χ1) is 8.10. The number of nitrogens with zero attached hydrogens (tertiary/aromatic N) is 2. The van der Waals surface area contributed by atoms with E-state index in [0.29, 0.717) is 5.52 Å². The third kappa shape index (κ3) is 2.14. The maximum absolute atomic E-state index is 14.3. The van der Waals surface area contributed by atoms with E-state index in [2.05, 4.69) is 25.9 Å². The van der Waals surface area contributed by atoms with E-state index in [9.17, 15) is 4.39 Å². The largest absolute Gasteiger partial charge is 0.257 e. The number of hydrogen-bond donors (Lipinski definition) is 0. The van der Waals surface area contributed by atoms with Crippen LogP contribution in [0.1, 0.15) is 47.1 Å². The SMILES string of the molecule is CC(C)(C)c1cc(F)c2c(cnn2C(C)(C)C)c1. The van der Waals surface area contributed by atoms with Gasteiger partial charge in [0.05, 0.1) is 11.7 Å². The van der Waals surface area contributed by atoms with E-state index in [4.69, 9.17) is 0 Å². The summed E-state index contributed by atoms with van der Waals surface area (Å²) in [5, 5.41) is 5.20. The summed E-state index contributed by atoms with van der Waals surface area (Å²) in [6, 6.07) is 3.67. The summed E-state index contributed by atoms with van der Waals surface area (Å²) >= 11 is 0. The summed E-state index contributed by atoms with van der Waals surface area (Å²) in [7, 11) is 0. The highest BCUT2D eigenvalue weighted by molar-refractivity contribution is 5.80. The summed E-state index contributed by atoms with van der Waals surface area (Å²) in [4.78, 5) is 0. The Labute approximate surface area is 108 Å². The lowest BCUT2D eigenvalue weighted by atomic mass is 9.86. The van der Waals surface area contributed by atoms with Gasteiger partial charge in [0, 0.05) is 5.39 Å². The average Bonchev–Trinajstić information content (AvgIpc) is 2.59. The lowest BCUT2D eigenvalue weighted by Gasteiger charge is -2.22. The van der Waals surface area contributed by atoms with E-state index in [1.165, 1.54) is 0 Å². The third-order valence-electron chi connectivity index (χ3n) is 3.12. The first-order valence-corrected chi connectivity index (χ1v) is 6.29. The molecule has 18 heavy (non-hydrogen) atoms. The normalized spacial score (nSPS) is 13.3. The van der Waals surface area contributed by atoms with E-state index >= 15 is 0 Å². The minimum absolute atomic E-state index is 0.0567. The lowest BCUT2D eigenvalue weighted by Crippen LogP contribution is -2.23. The molecule has 0 fully saturated rings. The fraction of sp³-hybridized carbons (Fsp3) is 0.533. The number of halogens is 1. The molecule has 0 aliphatic rings. The van der Waals surface area contributed by atoms with Gasteiger partial charge in [-0.15, -0.1) is 0 Å². The molecule has 2 rings (SSSR count). The van der Waals surface area contributed by atoms with E-state index in [1.54, 1.807) is 16.9 Å². The van der Waals surface area contributed by atoms with Gasteiger partial charge in [-0.1, -0.05) is 20.8 Å². The van der Waals surface area contributed by atoms with Crippen molar-refractivity contribution in [3.05, 3.63) is 29.7 Å². The standard InChI is InChI=1S/C15H21FN2/c1-14(2,3)11-7-10-9-17-18(15(4,5)6)13(10)12(16)8-11/h7-9H,1-6H3. The minimum atomic E-state index is -0.216. The Morgan fingerprint density at radius 3 is 2.17 bits per heavy atom. The van der Waals surface area contributed by atoms with Crippen molar-refractivity contribution < 1.29 is 4.39 Å². The summed E-state index contributed by atoms with van der Waals surface area (Å²) in [5.41, 5.74) is 1.32. The first-order valence-electron chi connectivity index (χ1n) is 6.29. The second kappa shape index (κ2) is 3.81. The van der Waals surface area contributed by atoms with Gasteiger partial charge in [0.1, 0.15) is 11.3 Å². The summed E-state index contributed by atoms with van der Waals surface area (Å²) in [5.74, 6) is -0.190. The van der Waals surface area contributed by atoms with Crippen LogP contribution in [-0.2, 0) is 11.0 Å². The average molecular weight is 248 g/mol. The highest BCUT2D eigenvalue weighted by Gasteiger charge is 2.22. The highest BCUT2D eigenvalue weighted by atomic mass is 19.1. The Morgan fingerprint density at radius 2 is 1.67 bits per heavy atom. The molecule has 2 aromatic rings. The van der Waals surface area contributed by atoms with E-state index < -0.39 is 0 Å². The van der Waals surface area contributed by atoms with Gasteiger partial charge in [0.2, 0.25) is 0 Å². The van der Waals surface area contributed by atoms with Crippen LogP contribution in [0.5, 0.6) is 0 Å². The zero-order chi connectivity index (χ0) is 13.7. The van der Waals surface area contributed by atoms with Crippen molar-refractivity contribution in [2.75, 3.05) is 0 Å². The highest BCUT2D eigenvalue weighted by Crippen LogP contribution is 2.30. The molecule has 0 radical (unpaired) electrons. The summed E-state index contributed by atoms with van der Waals surface area (Å²) < 4.78 is 16.1. The van der Waals surface area contributed by atoms with E-state index in [-0.39, 0.29) is 16.8 Å². The molecule has 0 aliphatic heterocycles. The molecule has 1 heterocycles. The maximum Gasteiger partial charge on any atom is 0.149 e. The molecule has 0 N–H and O–H groups in total. The minimum Gasteiger partial charge on any atom is -0.257 e. The predicted molar refractivity (Wildman–Crippen MR) is 73.4 cm³/mol. The van der Waals surface area contributed by atoms with Crippen LogP contribution in [-0.4, -0.2) is 9.78 Å². The first kappa shape index (κ1) is 13.1. The maximum atomic E-state index is 14.3. The molecular formula is C15H21FN2. The van der Waals surface area contributed by atoms with Gasteiger partial charge in [0.15, 0.2) is 0 Å². The molecule has 0 aliphatic carbocycles. The molecule has 1 aromatic carbocycles. The summed E-state index contributed by atoms with van der Waals surface area (Å²) in [6.07, 6.45) is 1.75. The number of aromatic nitrogens is 2. The van der Waals surface area contributed by atoms with Crippen molar-refractivity contribution in [2.24, 2.45) is 0 Å². The molecule has 0 atom stereocenters. The molecule has 0 unspecified atom stereocenters. The molecular weight excluding hydrogens is 227 g/mol. The topological polar surface area (TPSA) is 17.8 Å². The van der Waals surface area contributed by atoms with Gasteiger partial charge in [-0.25, -0.2) is 4.39 Å². The fourth-order valence-electron chi connectivity index (χ4n) is 2.06. The van der Waals surface area contributed by atoms with Crippen molar-refractivity contribution >= 4 is 10.9 Å². The van der Waals surface area contributed by atoms with Gasteiger partial charge >= 0.3 is 0 Å². The van der Waals surface area contributed by atoms with Crippen LogP contribution in [0, 0.1) is 5.82 Å². The zero-order valence-electron chi connectivity index (χ0n) is 12.0. The summed E-state index contributed by atoms with van der Waals surface area (Å²) in [6.45, 7) is 12.3. The van der Waals surface area contributed by atoms with Crippen LogP contribution in [0.25, 0.3) is 10.9 Å². The molecule has 0 saturated heterocycles. The van der Waals surface area contributed by atoms with E-state index in [0.717, 1.165) is 10.9 Å². The van der Waals surface area contributed by atoms with Crippen LogP contribution in [0.15, 0.2) is 18.3 Å². The smallest absolute Gasteiger partial charge is 0.149 e. The number of fused-ring (bicyclic) bond motifs is 1. The predicted octanol–water partition coefficient (Wildman–Crippen LogP) is 4.23. The quantitative estimate of drug-likeness (QED) is 0.682. The van der Waals surface area contributed by atoms with Gasteiger partial charge in [0.25, 0.3) is 0 Å². The van der Waals surface area contributed by atoms with Crippen LogP contribution < -0.4 is 0 Å². The lowest BCUT2D eigenvalue weighted by molar-refractivity contribution is 0.364.